The van der Waals surface area contributed by atoms with E-state index >= 15 is 0 Å². The Bertz CT molecular complexity index is 1050. The highest BCUT2D eigenvalue weighted by Gasteiger charge is 2.28. The van der Waals surface area contributed by atoms with Gasteiger partial charge in [0.05, 0.1) is 25.2 Å². The molecule has 0 spiro atoms. The molecule has 2 aliphatic heterocycles. The molecule has 172 valence electrons. The molecule has 2 aromatic rings. The lowest BCUT2D eigenvalue weighted by Crippen LogP contribution is -2.43. The normalized spacial score (nSPS) is 16.9. The number of ether oxygens (including phenoxy) is 3. The van der Waals surface area contributed by atoms with Gasteiger partial charge in [-0.05, 0) is 29.8 Å². The number of urea groups is 1. The van der Waals surface area contributed by atoms with Crippen LogP contribution >= 0.6 is 0 Å². The van der Waals surface area contributed by atoms with Crippen LogP contribution in [0.5, 0.6) is 11.5 Å². The number of esters is 1. The summed E-state index contributed by atoms with van der Waals surface area (Å²) in [6.07, 6.45) is -0.332. The van der Waals surface area contributed by atoms with Crippen molar-refractivity contribution < 1.29 is 33.4 Å². The second kappa shape index (κ2) is 9.60. The molecule has 0 bridgehead atoms. The van der Waals surface area contributed by atoms with Gasteiger partial charge in [-0.15, -0.1) is 0 Å². The molecule has 1 saturated heterocycles. The fourth-order valence-corrected chi connectivity index (χ4v) is 3.43. The number of para-hydroxylation sites is 2. The molecule has 2 aromatic carbocycles. The summed E-state index contributed by atoms with van der Waals surface area (Å²) >= 11 is 0. The molecule has 0 aromatic heterocycles. The molecule has 0 aliphatic carbocycles. The van der Waals surface area contributed by atoms with E-state index in [-0.39, 0.29) is 43.1 Å². The van der Waals surface area contributed by atoms with Gasteiger partial charge in [0, 0.05) is 7.05 Å². The first kappa shape index (κ1) is 22.1. The quantitative estimate of drug-likeness (QED) is 0.495. The molecule has 1 fully saturated rings. The van der Waals surface area contributed by atoms with Crippen LogP contribution in [0.2, 0.25) is 0 Å². The third-order valence-corrected chi connectivity index (χ3v) is 5.26. The molecular weight excluding hydrogens is 430 g/mol. The monoisotopic (exact) mass is 453 g/mol. The van der Waals surface area contributed by atoms with Crippen molar-refractivity contribution in [1.82, 2.24) is 15.1 Å². The Kier molecular flexibility index (Phi) is 6.43. The Morgan fingerprint density at radius 3 is 2.55 bits per heavy atom. The number of likely N-dealkylation sites (N-methyl/N-ethyl adjacent to an activating group) is 1. The van der Waals surface area contributed by atoms with Crippen LogP contribution in [0.3, 0.4) is 0 Å². The second-order valence-electron chi connectivity index (χ2n) is 7.68. The Morgan fingerprint density at radius 2 is 1.85 bits per heavy atom. The third kappa shape index (κ3) is 5.22. The number of fused-ring (bicyclic) bond motifs is 1. The summed E-state index contributed by atoms with van der Waals surface area (Å²) in [6.45, 7) is 0.275. The maximum absolute atomic E-state index is 12.4. The molecule has 4 rings (SSSR count). The minimum Gasteiger partial charge on any atom is -0.486 e. The van der Waals surface area contributed by atoms with Gasteiger partial charge < -0.3 is 24.4 Å². The average molecular weight is 453 g/mol. The summed E-state index contributed by atoms with van der Waals surface area (Å²) in [6, 6.07) is 13.2. The zero-order valence-electron chi connectivity index (χ0n) is 18.0. The Hall–Kier alpha value is -4.08. The zero-order valence-corrected chi connectivity index (χ0v) is 18.0. The number of nitrogens with zero attached hydrogens (tertiary/aromatic N) is 2. The molecular formula is C23H23N3O7. The number of nitrogens with one attached hydrogen (secondary N) is 1. The number of carbonyl (C=O) groups is 4. The highest BCUT2D eigenvalue weighted by molar-refractivity contribution is 6.01. The molecule has 2 aliphatic rings. The molecule has 0 radical (unpaired) electrons. The first-order valence-corrected chi connectivity index (χ1v) is 10.4. The summed E-state index contributed by atoms with van der Waals surface area (Å²) in [7, 11) is 1.60. The fourth-order valence-electron chi connectivity index (χ4n) is 3.43. The van der Waals surface area contributed by atoms with E-state index in [9.17, 15) is 19.2 Å². The van der Waals surface area contributed by atoms with E-state index < -0.39 is 18.6 Å². The molecule has 10 heteroatoms. The van der Waals surface area contributed by atoms with Gasteiger partial charge in [0.25, 0.3) is 5.91 Å². The van der Waals surface area contributed by atoms with Crippen LogP contribution in [0, 0.1) is 0 Å². The maximum atomic E-state index is 12.4. The van der Waals surface area contributed by atoms with E-state index in [2.05, 4.69) is 5.32 Å². The number of hydrogen-bond donors (Lipinski definition) is 1. The van der Waals surface area contributed by atoms with Gasteiger partial charge in [0.2, 0.25) is 5.91 Å². The average Bonchev–Trinajstić information content (AvgIpc) is 3.14. The molecule has 0 saturated carbocycles. The number of hydrogen-bond acceptors (Lipinski definition) is 7. The van der Waals surface area contributed by atoms with E-state index in [1.807, 2.05) is 18.2 Å². The van der Waals surface area contributed by atoms with Crippen LogP contribution in [0.4, 0.5) is 4.79 Å². The lowest BCUT2D eigenvalue weighted by molar-refractivity contribution is -0.134. The van der Waals surface area contributed by atoms with Gasteiger partial charge >= 0.3 is 12.0 Å². The van der Waals surface area contributed by atoms with E-state index in [1.54, 1.807) is 25.2 Å². The smallest absolute Gasteiger partial charge is 0.338 e. The number of carbonyl (C=O) groups excluding carboxylic acids is 4. The second-order valence-corrected chi connectivity index (χ2v) is 7.68. The fraction of sp³-hybridized carbons (Fsp3) is 0.304. The Balaban J connectivity index is 1.24. The van der Waals surface area contributed by atoms with E-state index in [0.717, 1.165) is 4.90 Å². The van der Waals surface area contributed by atoms with E-state index in [4.69, 9.17) is 14.2 Å². The molecule has 1 atom stereocenters. The van der Waals surface area contributed by atoms with Crippen molar-refractivity contribution in [1.29, 1.82) is 0 Å². The first-order valence-electron chi connectivity index (χ1n) is 10.4. The van der Waals surface area contributed by atoms with Crippen molar-refractivity contribution >= 4 is 23.8 Å². The summed E-state index contributed by atoms with van der Waals surface area (Å²) < 4.78 is 16.6. The van der Waals surface area contributed by atoms with Crippen LogP contribution in [0.25, 0.3) is 0 Å². The van der Waals surface area contributed by atoms with Gasteiger partial charge in [0.15, 0.2) is 24.2 Å². The predicted molar refractivity (Wildman–Crippen MR) is 115 cm³/mol. The van der Waals surface area contributed by atoms with Gasteiger partial charge in [-0.2, -0.15) is 0 Å². The minimum absolute atomic E-state index is 0.0150. The Labute approximate surface area is 190 Å². The van der Waals surface area contributed by atoms with E-state index in [1.165, 1.54) is 17.0 Å². The molecule has 0 unspecified atom stereocenters. The Morgan fingerprint density at radius 1 is 1.12 bits per heavy atom. The highest BCUT2D eigenvalue weighted by Crippen LogP contribution is 2.30. The van der Waals surface area contributed by atoms with Crippen LogP contribution in [0.1, 0.15) is 15.9 Å². The maximum Gasteiger partial charge on any atom is 0.338 e. The summed E-state index contributed by atoms with van der Waals surface area (Å²) in [4.78, 5) is 50.5. The predicted octanol–water partition coefficient (Wildman–Crippen LogP) is 1.19. The molecule has 33 heavy (non-hydrogen) atoms. The van der Waals surface area contributed by atoms with Crippen LogP contribution < -0.4 is 14.8 Å². The van der Waals surface area contributed by atoms with Gasteiger partial charge in [-0.25, -0.2) is 9.59 Å². The number of amides is 4. The topological polar surface area (TPSA) is 114 Å². The van der Waals surface area contributed by atoms with Crippen molar-refractivity contribution in [3.8, 4) is 11.5 Å². The van der Waals surface area contributed by atoms with Crippen LogP contribution in [-0.2, 0) is 20.9 Å². The SMILES string of the molecule is CN(C[C@H]1COc2ccccc2O1)C(=O)COC(=O)c1ccc(CN2C(=O)CNC2=O)cc1. The van der Waals surface area contributed by atoms with Crippen molar-refractivity contribution in [2.24, 2.45) is 0 Å². The van der Waals surface area contributed by atoms with Crippen LogP contribution in [-0.4, -0.2) is 73.1 Å². The van der Waals surface area contributed by atoms with Crippen LogP contribution in [0.15, 0.2) is 48.5 Å². The standard InChI is InChI=1S/C23H23N3O7/c1-25(12-17-13-31-18-4-2-3-5-19(18)33-17)21(28)14-32-22(29)16-8-6-15(7-9-16)11-26-20(27)10-24-23(26)30/h2-9,17H,10-14H2,1H3,(H,24,30)/t17-/m0/s1. The minimum atomic E-state index is -0.649. The van der Waals surface area contributed by atoms with E-state index in [0.29, 0.717) is 23.7 Å². The van der Waals surface area contributed by atoms with Crippen molar-refractivity contribution in [2.75, 3.05) is 33.4 Å². The lowest BCUT2D eigenvalue weighted by Gasteiger charge is -2.29. The number of benzene rings is 2. The molecule has 10 nitrogen and oxygen atoms in total. The molecule has 4 amide bonds. The van der Waals surface area contributed by atoms with Gasteiger partial charge in [0.1, 0.15) is 6.61 Å². The van der Waals surface area contributed by atoms with Crippen molar-refractivity contribution in [3.63, 3.8) is 0 Å². The van der Waals surface area contributed by atoms with Gasteiger partial charge in [-0.1, -0.05) is 24.3 Å². The molecule has 2 heterocycles. The summed E-state index contributed by atoms with van der Waals surface area (Å²) in [5.41, 5.74) is 0.941. The van der Waals surface area contributed by atoms with Gasteiger partial charge in [-0.3, -0.25) is 14.5 Å². The largest absolute Gasteiger partial charge is 0.486 e. The summed E-state index contributed by atoms with van der Waals surface area (Å²) in [5.74, 6) is -0.0388. The van der Waals surface area contributed by atoms with Crippen molar-refractivity contribution in [2.45, 2.75) is 12.6 Å². The number of imide groups is 1. The highest BCUT2D eigenvalue weighted by atomic mass is 16.6. The zero-order chi connectivity index (χ0) is 23.4. The first-order chi connectivity index (χ1) is 15.9. The molecule has 1 N–H and O–H groups in total. The third-order valence-electron chi connectivity index (χ3n) is 5.26. The lowest BCUT2D eigenvalue weighted by atomic mass is 10.1. The van der Waals surface area contributed by atoms with Crippen molar-refractivity contribution in [3.05, 3.63) is 59.7 Å². The summed E-state index contributed by atoms with van der Waals surface area (Å²) in [5, 5.41) is 2.45. The number of rotatable bonds is 7.